The van der Waals surface area contributed by atoms with E-state index in [9.17, 15) is 18.5 Å². The van der Waals surface area contributed by atoms with E-state index in [4.69, 9.17) is 5.73 Å². The number of thiazole rings is 1. The fraction of sp³-hybridized carbons (Fsp3) is 0.182. The third-order valence-electron chi connectivity index (χ3n) is 2.66. The molecule has 0 unspecified atom stereocenters. The topological polar surface area (TPSA) is 128 Å². The van der Waals surface area contributed by atoms with E-state index in [2.05, 4.69) is 9.71 Å². The fourth-order valence-corrected chi connectivity index (χ4v) is 4.13. The molecule has 0 saturated carbocycles. The van der Waals surface area contributed by atoms with E-state index in [0.29, 0.717) is 11.3 Å². The lowest BCUT2D eigenvalue weighted by atomic mass is 10.2. The Morgan fingerprint density at radius 1 is 1.38 bits per heavy atom. The van der Waals surface area contributed by atoms with E-state index in [0.717, 1.165) is 11.3 Å². The lowest BCUT2D eigenvalue weighted by molar-refractivity contribution is -0.385. The van der Waals surface area contributed by atoms with Gasteiger partial charge < -0.3 is 5.73 Å². The Morgan fingerprint density at radius 3 is 2.52 bits per heavy atom. The summed E-state index contributed by atoms with van der Waals surface area (Å²) in [6, 6.07) is 3.99. The summed E-state index contributed by atoms with van der Waals surface area (Å²) in [4.78, 5) is 14.1. The van der Waals surface area contributed by atoms with Crippen molar-refractivity contribution in [2.24, 2.45) is 0 Å². The van der Waals surface area contributed by atoms with Gasteiger partial charge >= 0.3 is 0 Å². The van der Waals surface area contributed by atoms with Crippen molar-refractivity contribution in [3.8, 4) is 0 Å². The number of rotatable bonds is 4. The van der Waals surface area contributed by atoms with Crippen LogP contribution in [0.5, 0.6) is 0 Å². The van der Waals surface area contributed by atoms with Crippen LogP contribution in [-0.4, -0.2) is 18.3 Å². The summed E-state index contributed by atoms with van der Waals surface area (Å²) >= 11 is 0.861. The van der Waals surface area contributed by atoms with E-state index in [1.807, 2.05) is 0 Å². The molecule has 0 atom stereocenters. The van der Waals surface area contributed by atoms with E-state index in [1.54, 1.807) is 6.92 Å². The number of nitrogens with one attached hydrogen (secondary N) is 1. The Labute approximate surface area is 124 Å². The largest absolute Gasteiger partial charge is 0.375 e. The Morgan fingerprint density at radius 2 is 2.05 bits per heavy atom. The maximum atomic E-state index is 12.2. The van der Waals surface area contributed by atoms with Gasteiger partial charge in [0.05, 0.1) is 10.6 Å². The second-order valence-electron chi connectivity index (χ2n) is 4.29. The smallest absolute Gasteiger partial charge is 0.273 e. The monoisotopic (exact) mass is 328 g/mol. The van der Waals surface area contributed by atoms with Crippen molar-refractivity contribution in [3.05, 3.63) is 39.6 Å². The molecule has 3 N–H and O–H groups in total. The van der Waals surface area contributed by atoms with Crippen LogP contribution in [0.3, 0.4) is 0 Å². The summed E-state index contributed by atoms with van der Waals surface area (Å²) in [5.41, 5.74) is 6.32. The predicted molar refractivity (Wildman–Crippen MR) is 79.9 cm³/mol. The summed E-state index contributed by atoms with van der Waals surface area (Å²) in [5.74, 6) is 0. The molecule has 2 rings (SSSR count). The number of nitro groups is 1. The van der Waals surface area contributed by atoms with Crippen molar-refractivity contribution in [2.75, 3.05) is 10.5 Å². The normalized spacial score (nSPS) is 11.3. The van der Waals surface area contributed by atoms with E-state index >= 15 is 0 Å². The SMILES string of the molecule is Cc1cc(NS(=O)(=O)c2sc(N)nc2C)ccc1[N+](=O)[O-]. The third-order valence-corrected chi connectivity index (χ3v) is 5.64. The maximum Gasteiger partial charge on any atom is 0.273 e. The number of anilines is 2. The first kappa shape index (κ1) is 15.2. The Kier molecular flexibility index (Phi) is 3.83. The fourth-order valence-electron chi connectivity index (χ4n) is 1.78. The molecule has 0 fully saturated rings. The summed E-state index contributed by atoms with van der Waals surface area (Å²) in [6.07, 6.45) is 0. The molecular formula is C11H12N4O4S2. The minimum absolute atomic E-state index is 0.0241. The molecule has 0 spiro atoms. The zero-order valence-corrected chi connectivity index (χ0v) is 12.8. The molecule has 2 aromatic rings. The molecule has 0 bridgehead atoms. The number of benzene rings is 1. The zero-order valence-electron chi connectivity index (χ0n) is 11.2. The second kappa shape index (κ2) is 5.30. The van der Waals surface area contributed by atoms with E-state index in [1.165, 1.54) is 25.1 Å². The number of nitrogen functional groups attached to an aromatic ring is 1. The van der Waals surface area contributed by atoms with Crippen LogP contribution in [0.1, 0.15) is 11.3 Å². The number of aromatic nitrogens is 1. The average molecular weight is 328 g/mol. The molecule has 112 valence electrons. The number of nitrogens with two attached hydrogens (primary N) is 1. The first-order chi connectivity index (χ1) is 9.70. The van der Waals surface area contributed by atoms with Gasteiger partial charge in [0.25, 0.3) is 15.7 Å². The molecule has 0 aliphatic heterocycles. The number of hydrogen-bond acceptors (Lipinski definition) is 7. The van der Waals surface area contributed by atoms with Gasteiger partial charge in [0.2, 0.25) is 0 Å². The Hall–Kier alpha value is -2.20. The summed E-state index contributed by atoms with van der Waals surface area (Å²) in [6.45, 7) is 3.08. The zero-order chi connectivity index (χ0) is 15.8. The lowest BCUT2D eigenvalue weighted by Gasteiger charge is -2.07. The molecule has 10 heteroatoms. The van der Waals surface area contributed by atoms with Gasteiger partial charge in [0, 0.05) is 17.3 Å². The average Bonchev–Trinajstić information content (AvgIpc) is 2.68. The highest BCUT2D eigenvalue weighted by atomic mass is 32.2. The first-order valence-corrected chi connectivity index (χ1v) is 8.01. The standard InChI is InChI=1S/C11H12N4O4S2/c1-6-5-8(3-4-9(6)15(16)17)14-21(18,19)10-7(2)13-11(12)20-10/h3-5,14H,1-2H3,(H2,12,13). The van der Waals surface area contributed by atoms with Crippen molar-refractivity contribution in [1.29, 1.82) is 0 Å². The van der Waals surface area contributed by atoms with E-state index in [-0.39, 0.29) is 20.7 Å². The van der Waals surface area contributed by atoms with Gasteiger partial charge in [-0.25, -0.2) is 13.4 Å². The molecule has 1 aromatic carbocycles. The van der Waals surface area contributed by atoms with Crippen LogP contribution in [0.4, 0.5) is 16.5 Å². The molecule has 0 radical (unpaired) electrons. The predicted octanol–water partition coefficient (Wildman–Crippen LogP) is 2.05. The van der Waals surface area contributed by atoms with Gasteiger partial charge in [-0.2, -0.15) is 0 Å². The van der Waals surface area contributed by atoms with Gasteiger partial charge in [0.15, 0.2) is 9.34 Å². The summed E-state index contributed by atoms with van der Waals surface area (Å²) < 4.78 is 26.9. The van der Waals surface area contributed by atoms with Crippen LogP contribution in [0, 0.1) is 24.0 Å². The highest BCUT2D eigenvalue weighted by Gasteiger charge is 2.22. The Balaban J connectivity index is 2.35. The second-order valence-corrected chi connectivity index (χ2v) is 7.20. The van der Waals surface area contributed by atoms with Crippen molar-refractivity contribution >= 4 is 37.9 Å². The van der Waals surface area contributed by atoms with Crippen LogP contribution in [0.2, 0.25) is 0 Å². The first-order valence-electron chi connectivity index (χ1n) is 5.71. The number of hydrogen-bond donors (Lipinski definition) is 2. The molecule has 0 amide bonds. The molecule has 0 aliphatic rings. The molecule has 1 heterocycles. The Bertz CT molecular complexity index is 814. The summed E-state index contributed by atoms with van der Waals surface area (Å²) in [7, 11) is -3.82. The van der Waals surface area contributed by atoms with Gasteiger partial charge in [-0.05, 0) is 26.0 Å². The molecular weight excluding hydrogens is 316 g/mol. The molecule has 1 aromatic heterocycles. The summed E-state index contributed by atoms with van der Waals surface area (Å²) in [5, 5.41) is 10.9. The molecule has 0 saturated heterocycles. The minimum atomic E-state index is -3.82. The van der Waals surface area contributed by atoms with Crippen LogP contribution in [0.15, 0.2) is 22.4 Å². The number of sulfonamides is 1. The van der Waals surface area contributed by atoms with Crippen LogP contribution in [0.25, 0.3) is 0 Å². The minimum Gasteiger partial charge on any atom is -0.375 e. The van der Waals surface area contributed by atoms with Crippen LogP contribution >= 0.6 is 11.3 Å². The van der Waals surface area contributed by atoms with Crippen LogP contribution < -0.4 is 10.5 Å². The van der Waals surface area contributed by atoms with Crippen molar-refractivity contribution in [1.82, 2.24) is 4.98 Å². The van der Waals surface area contributed by atoms with Gasteiger partial charge in [-0.1, -0.05) is 11.3 Å². The lowest BCUT2D eigenvalue weighted by Crippen LogP contribution is -2.12. The van der Waals surface area contributed by atoms with Crippen molar-refractivity contribution < 1.29 is 13.3 Å². The van der Waals surface area contributed by atoms with Crippen molar-refractivity contribution in [2.45, 2.75) is 18.1 Å². The number of nitrogens with zero attached hydrogens (tertiary/aromatic N) is 2. The highest BCUT2D eigenvalue weighted by molar-refractivity contribution is 7.94. The number of nitro benzene ring substituents is 1. The molecule has 0 aliphatic carbocycles. The third kappa shape index (κ3) is 3.11. The maximum absolute atomic E-state index is 12.2. The number of aryl methyl sites for hydroxylation is 2. The van der Waals surface area contributed by atoms with Gasteiger partial charge in [-0.15, -0.1) is 0 Å². The highest BCUT2D eigenvalue weighted by Crippen LogP contribution is 2.28. The van der Waals surface area contributed by atoms with Crippen LogP contribution in [-0.2, 0) is 10.0 Å². The quantitative estimate of drug-likeness (QED) is 0.653. The molecule has 21 heavy (non-hydrogen) atoms. The van der Waals surface area contributed by atoms with Crippen molar-refractivity contribution in [3.63, 3.8) is 0 Å². The van der Waals surface area contributed by atoms with E-state index < -0.39 is 14.9 Å². The molecule has 8 nitrogen and oxygen atoms in total. The van der Waals surface area contributed by atoms with Gasteiger partial charge in [-0.3, -0.25) is 14.8 Å². The van der Waals surface area contributed by atoms with Gasteiger partial charge in [0.1, 0.15) is 0 Å².